The third-order valence-electron chi connectivity index (χ3n) is 4.58. The lowest BCUT2D eigenvalue weighted by molar-refractivity contribution is -0.118. The molecule has 0 saturated heterocycles. The van der Waals surface area contributed by atoms with Crippen molar-refractivity contribution in [3.63, 3.8) is 0 Å². The number of rotatable bonds is 6. The van der Waals surface area contributed by atoms with E-state index >= 15 is 0 Å². The summed E-state index contributed by atoms with van der Waals surface area (Å²) in [6, 6.07) is 14.2. The molecule has 2 aromatic carbocycles. The van der Waals surface area contributed by atoms with Crippen molar-refractivity contribution >= 4 is 29.1 Å². The van der Waals surface area contributed by atoms with E-state index in [4.69, 9.17) is 16.3 Å². The Hall–Kier alpha value is -2.53. The lowest BCUT2D eigenvalue weighted by Gasteiger charge is -2.23. The molecule has 0 aromatic heterocycles. The molecule has 2 aromatic rings. The number of amides is 2. The van der Waals surface area contributed by atoms with E-state index in [0.29, 0.717) is 22.0 Å². The highest BCUT2D eigenvalue weighted by Gasteiger charge is 2.19. The Kier molecular flexibility index (Phi) is 6.71. The van der Waals surface area contributed by atoms with Gasteiger partial charge in [-0.25, -0.2) is 0 Å². The van der Waals surface area contributed by atoms with Gasteiger partial charge in [-0.15, -0.1) is 0 Å². The Labute approximate surface area is 164 Å². The van der Waals surface area contributed by atoms with Crippen LogP contribution in [-0.4, -0.2) is 24.5 Å². The molecule has 2 N–H and O–H groups in total. The van der Waals surface area contributed by atoms with Crippen molar-refractivity contribution in [1.29, 1.82) is 0 Å². The number of halogens is 1. The van der Waals surface area contributed by atoms with Crippen molar-refractivity contribution < 1.29 is 14.3 Å². The molecule has 0 heterocycles. The summed E-state index contributed by atoms with van der Waals surface area (Å²) in [4.78, 5) is 24.9. The maximum absolute atomic E-state index is 12.6. The van der Waals surface area contributed by atoms with Gasteiger partial charge in [0.15, 0.2) is 6.61 Å². The average Bonchev–Trinajstić information content (AvgIpc) is 2.68. The zero-order chi connectivity index (χ0) is 19.1. The van der Waals surface area contributed by atoms with Crippen LogP contribution in [0.4, 0.5) is 5.69 Å². The fraction of sp³-hybridized carbons (Fsp3) is 0.333. The van der Waals surface area contributed by atoms with Crippen LogP contribution >= 0.6 is 11.6 Å². The van der Waals surface area contributed by atoms with E-state index in [-0.39, 0.29) is 24.5 Å². The molecular formula is C21H23ClN2O3. The van der Waals surface area contributed by atoms with Gasteiger partial charge >= 0.3 is 0 Å². The smallest absolute Gasteiger partial charge is 0.262 e. The van der Waals surface area contributed by atoms with E-state index in [1.807, 2.05) is 0 Å². The van der Waals surface area contributed by atoms with Crippen LogP contribution in [0.25, 0.3) is 0 Å². The Morgan fingerprint density at radius 1 is 1.00 bits per heavy atom. The van der Waals surface area contributed by atoms with Gasteiger partial charge < -0.3 is 15.4 Å². The second kappa shape index (κ2) is 9.42. The first-order valence-corrected chi connectivity index (χ1v) is 9.58. The topological polar surface area (TPSA) is 67.4 Å². The number of para-hydroxylation sites is 2. The fourth-order valence-corrected chi connectivity index (χ4v) is 3.38. The van der Waals surface area contributed by atoms with Gasteiger partial charge in [-0.3, -0.25) is 9.59 Å². The van der Waals surface area contributed by atoms with Crippen molar-refractivity contribution in [1.82, 2.24) is 5.32 Å². The second-order valence-electron chi connectivity index (χ2n) is 6.62. The van der Waals surface area contributed by atoms with E-state index in [9.17, 15) is 9.59 Å². The molecule has 6 heteroatoms. The van der Waals surface area contributed by atoms with Gasteiger partial charge in [-0.2, -0.15) is 0 Å². The van der Waals surface area contributed by atoms with Crippen molar-refractivity contribution in [3.8, 4) is 5.75 Å². The molecule has 1 aliphatic rings. The molecule has 0 radical (unpaired) electrons. The third-order valence-corrected chi connectivity index (χ3v) is 4.89. The van der Waals surface area contributed by atoms with Crippen molar-refractivity contribution in [3.05, 3.63) is 59.1 Å². The lowest BCUT2D eigenvalue weighted by Crippen LogP contribution is -2.36. The van der Waals surface area contributed by atoms with Crippen LogP contribution < -0.4 is 15.4 Å². The van der Waals surface area contributed by atoms with Crippen LogP contribution in [0.2, 0.25) is 5.02 Å². The number of carbonyl (C=O) groups is 2. The SMILES string of the molecule is O=C(COc1ccccc1Cl)Nc1ccccc1C(=O)NC1CCCCC1. The molecule has 5 nitrogen and oxygen atoms in total. The molecule has 0 atom stereocenters. The van der Waals surface area contributed by atoms with Crippen molar-refractivity contribution in [2.45, 2.75) is 38.1 Å². The van der Waals surface area contributed by atoms with Gasteiger partial charge in [-0.05, 0) is 37.1 Å². The summed E-state index contributed by atoms with van der Waals surface area (Å²) in [5.74, 6) is -0.0738. The first-order chi connectivity index (χ1) is 13.1. The monoisotopic (exact) mass is 386 g/mol. The quantitative estimate of drug-likeness (QED) is 0.772. The molecule has 0 bridgehead atoms. The second-order valence-corrected chi connectivity index (χ2v) is 7.03. The Morgan fingerprint density at radius 2 is 1.70 bits per heavy atom. The van der Waals surface area contributed by atoms with Crippen molar-refractivity contribution in [2.24, 2.45) is 0 Å². The molecular weight excluding hydrogens is 364 g/mol. The number of ether oxygens (including phenoxy) is 1. The molecule has 2 amide bonds. The van der Waals surface area contributed by atoms with Crippen LogP contribution in [0.1, 0.15) is 42.5 Å². The maximum atomic E-state index is 12.6. The van der Waals surface area contributed by atoms with Crippen LogP contribution in [-0.2, 0) is 4.79 Å². The molecule has 142 valence electrons. The minimum atomic E-state index is -0.354. The molecule has 1 aliphatic carbocycles. The maximum Gasteiger partial charge on any atom is 0.262 e. The zero-order valence-corrected chi connectivity index (χ0v) is 15.8. The van der Waals surface area contributed by atoms with Gasteiger partial charge in [0, 0.05) is 6.04 Å². The minimum absolute atomic E-state index is 0.162. The summed E-state index contributed by atoms with van der Waals surface area (Å²) >= 11 is 6.02. The minimum Gasteiger partial charge on any atom is -0.482 e. The first kappa shape index (κ1) is 19.2. The number of benzene rings is 2. The van der Waals surface area contributed by atoms with Gasteiger partial charge in [0.05, 0.1) is 16.3 Å². The molecule has 1 fully saturated rings. The molecule has 0 unspecified atom stereocenters. The highest BCUT2D eigenvalue weighted by molar-refractivity contribution is 6.32. The Balaban J connectivity index is 1.60. The summed E-state index contributed by atoms with van der Waals surface area (Å²) in [6.45, 7) is -0.192. The lowest BCUT2D eigenvalue weighted by atomic mass is 9.95. The number of hydrogen-bond donors (Lipinski definition) is 2. The van der Waals surface area contributed by atoms with Gasteiger partial charge in [0.2, 0.25) is 0 Å². The van der Waals surface area contributed by atoms with Gasteiger partial charge in [0.1, 0.15) is 5.75 Å². The Bertz CT molecular complexity index is 804. The van der Waals surface area contributed by atoms with Crippen LogP contribution in [0.5, 0.6) is 5.75 Å². The molecule has 0 aliphatic heterocycles. The van der Waals surface area contributed by atoms with Crippen LogP contribution in [0, 0.1) is 0 Å². The average molecular weight is 387 g/mol. The van der Waals surface area contributed by atoms with E-state index in [0.717, 1.165) is 25.7 Å². The largest absolute Gasteiger partial charge is 0.482 e. The number of anilines is 1. The van der Waals surface area contributed by atoms with Crippen LogP contribution in [0.15, 0.2) is 48.5 Å². The van der Waals surface area contributed by atoms with Crippen molar-refractivity contribution in [2.75, 3.05) is 11.9 Å². The normalized spacial score (nSPS) is 14.4. The van der Waals surface area contributed by atoms with E-state index in [1.165, 1.54) is 6.42 Å². The van der Waals surface area contributed by atoms with E-state index in [2.05, 4.69) is 10.6 Å². The van der Waals surface area contributed by atoms with E-state index < -0.39 is 0 Å². The summed E-state index contributed by atoms with van der Waals surface area (Å²) in [7, 11) is 0. The number of hydrogen-bond acceptors (Lipinski definition) is 3. The fourth-order valence-electron chi connectivity index (χ4n) is 3.19. The van der Waals surface area contributed by atoms with E-state index in [1.54, 1.807) is 48.5 Å². The Morgan fingerprint density at radius 3 is 2.48 bits per heavy atom. The predicted octanol–water partition coefficient (Wildman–Crippen LogP) is 4.42. The highest BCUT2D eigenvalue weighted by atomic mass is 35.5. The highest BCUT2D eigenvalue weighted by Crippen LogP contribution is 2.23. The number of carbonyl (C=O) groups excluding carboxylic acids is 2. The summed E-state index contributed by atoms with van der Waals surface area (Å²) in [5, 5.41) is 6.27. The first-order valence-electron chi connectivity index (χ1n) is 9.20. The standard InChI is InChI=1S/C21H23ClN2O3/c22-17-11-5-7-13-19(17)27-14-20(25)24-18-12-6-4-10-16(18)21(26)23-15-8-2-1-3-9-15/h4-7,10-13,15H,1-3,8-9,14H2,(H,23,26)(H,24,25). The molecule has 0 spiro atoms. The summed E-state index contributed by atoms with van der Waals surface area (Å²) < 4.78 is 5.45. The molecule has 1 saturated carbocycles. The van der Waals surface area contributed by atoms with Gasteiger partial charge in [0.25, 0.3) is 11.8 Å². The number of nitrogens with one attached hydrogen (secondary N) is 2. The summed E-state index contributed by atoms with van der Waals surface area (Å²) in [5.41, 5.74) is 0.924. The third kappa shape index (κ3) is 5.47. The molecule has 3 rings (SSSR count). The van der Waals surface area contributed by atoms with Gasteiger partial charge in [-0.1, -0.05) is 55.1 Å². The summed E-state index contributed by atoms with van der Waals surface area (Å²) in [6.07, 6.45) is 5.52. The molecule has 27 heavy (non-hydrogen) atoms. The predicted molar refractivity (Wildman–Crippen MR) is 106 cm³/mol. The zero-order valence-electron chi connectivity index (χ0n) is 15.0. The van der Waals surface area contributed by atoms with Crippen LogP contribution in [0.3, 0.4) is 0 Å².